The molecule has 2 amide bonds. The molecule has 0 aliphatic carbocycles. The SMILES string of the molecule is CC(C)C[C@H]1COc2ccccc2CCCCC2(CCN(C(=O)CCc3ccccc3)CC2)C(=O)N1. The van der Waals surface area contributed by atoms with E-state index in [2.05, 4.69) is 43.4 Å². The number of likely N-dealkylation sites (tertiary alicyclic amines) is 1. The second-order valence-electron chi connectivity index (χ2n) is 11.1. The van der Waals surface area contributed by atoms with Gasteiger partial charge in [0.15, 0.2) is 0 Å². The van der Waals surface area contributed by atoms with Gasteiger partial charge in [-0.3, -0.25) is 9.59 Å². The zero-order chi connectivity index (χ0) is 25.4. The molecule has 1 spiro atoms. The number of nitrogens with zero attached hydrogens (tertiary/aromatic N) is 1. The van der Waals surface area contributed by atoms with E-state index in [1.165, 1.54) is 11.1 Å². The quantitative estimate of drug-likeness (QED) is 0.597. The van der Waals surface area contributed by atoms with E-state index >= 15 is 0 Å². The number of nitrogens with one attached hydrogen (secondary N) is 1. The fourth-order valence-electron chi connectivity index (χ4n) is 5.73. The molecule has 0 radical (unpaired) electrons. The van der Waals surface area contributed by atoms with Crippen LogP contribution in [0.1, 0.15) is 69.9 Å². The highest BCUT2D eigenvalue weighted by Gasteiger charge is 2.42. The number of benzene rings is 2. The van der Waals surface area contributed by atoms with E-state index in [4.69, 9.17) is 4.74 Å². The van der Waals surface area contributed by atoms with Crippen molar-refractivity contribution in [2.75, 3.05) is 19.7 Å². The predicted molar refractivity (Wildman–Crippen MR) is 144 cm³/mol. The van der Waals surface area contributed by atoms with Crippen LogP contribution in [0, 0.1) is 11.3 Å². The first-order chi connectivity index (χ1) is 17.4. The molecule has 36 heavy (non-hydrogen) atoms. The monoisotopic (exact) mass is 490 g/mol. The van der Waals surface area contributed by atoms with Crippen LogP contribution in [0.25, 0.3) is 0 Å². The lowest BCUT2D eigenvalue weighted by molar-refractivity contribution is -0.141. The van der Waals surface area contributed by atoms with Crippen molar-refractivity contribution in [3.05, 3.63) is 65.7 Å². The minimum atomic E-state index is -0.399. The molecular weight excluding hydrogens is 448 g/mol. The summed E-state index contributed by atoms with van der Waals surface area (Å²) in [5, 5.41) is 3.38. The predicted octanol–water partition coefficient (Wildman–Crippen LogP) is 5.56. The van der Waals surface area contributed by atoms with Crippen molar-refractivity contribution >= 4 is 11.8 Å². The molecule has 2 aliphatic rings. The maximum atomic E-state index is 13.8. The van der Waals surface area contributed by atoms with Crippen LogP contribution in [0.5, 0.6) is 5.75 Å². The second kappa shape index (κ2) is 12.4. The van der Waals surface area contributed by atoms with E-state index in [0.717, 1.165) is 57.1 Å². The fraction of sp³-hybridized carbons (Fsp3) is 0.548. The Morgan fingerprint density at radius 2 is 1.75 bits per heavy atom. The summed E-state index contributed by atoms with van der Waals surface area (Å²) in [5.41, 5.74) is 2.04. The number of amides is 2. The van der Waals surface area contributed by atoms with Crippen LogP contribution in [0.2, 0.25) is 0 Å². The summed E-state index contributed by atoms with van der Waals surface area (Å²) >= 11 is 0. The zero-order valence-corrected chi connectivity index (χ0v) is 22.0. The largest absolute Gasteiger partial charge is 0.491 e. The van der Waals surface area contributed by atoms with Gasteiger partial charge in [0.05, 0.1) is 11.5 Å². The third-order valence-corrected chi connectivity index (χ3v) is 7.88. The Labute approximate surface area is 216 Å². The number of carbonyl (C=O) groups is 2. The zero-order valence-electron chi connectivity index (χ0n) is 22.0. The first-order valence-electron chi connectivity index (χ1n) is 13.8. The Balaban J connectivity index is 1.42. The number of hydrogen-bond acceptors (Lipinski definition) is 3. The van der Waals surface area contributed by atoms with Crippen molar-refractivity contribution in [1.29, 1.82) is 0 Å². The van der Waals surface area contributed by atoms with Crippen LogP contribution in [0.15, 0.2) is 54.6 Å². The molecule has 4 rings (SSSR count). The van der Waals surface area contributed by atoms with Crippen molar-refractivity contribution in [3.63, 3.8) is 0 Å². The molecule has 1 atom stereocenters. The summed E-state index contributed by atoms with van der Waals surface area (Å²) in [6, 6.07) is 18.5. The summed E-state index contributed by atoms with van der Waals surface area (Å²) in [6.07, 6.45) is 7.52. The molecule has 1 N–H and O–H groups in total. The summed E-state index contributed by atoms with van der Waals surface area (Å²) < 4.78 is 6.24. The van der Waals surface area contributed by atoms with Crippen LogP contribution in [0.4, 0.5) is 0 Å². The van der Waals surface area contributed by atoms with Crippen molar-refractivity contribution in [2.45, 2.75) is 77.7 Å². The average molecular weight is 491 g/mol. The number of aryl methyl sites for hydroxylation is 2. The Hall–Kier alpha value is -2.82. The lowest BCUT2D eigenvalue weighted by Gasteiger charge is -2.42. The van der Waals surface area contributed by atoms with Crippen molar-refractivity contribution in [3.8, 4) is 5.75 Å². The van der Waals surface area contributed by atoms with Gasteiger partial charge in [-0.2, -0.15) is 0 Å². The molecule has 0 bridgehead atoms. The van der Waals surface area contributed by atoms with Crippen LogP contribution in [-0.2, 0) is 22.4 Å². The van der Waals surface area contributed by atoms with Gasteiger partial charge < -0.3 is 15.0 Å². The number of para-hydroxylation sites is 1. The van der Waals surface area contributed by atoms with Gasteiger partial charge in [0.1, 0.15) is 12.4 Å². The van der Waals surface area contributed by atoms with Crippen LogP contribution >= 0.6 is 0 Å². The van der Waals surface area contributed by atoms with Crippen molar-refractivity contribution < 1.29 is 14.3 Å². The second-order valence-corrected chi connectivity index (χ2v) is 11.1. The molecule has 194 valence electrons. The molecule has 0 aromatic heterocycles. The highest BCUT2D eigenvalue weighted by molar-refractivity contribution is 5.84. The molecule has 2 aromatic rings. The summed E-state index contributed by atoms with van der Waals surface area (Å²) in [6.45, 7) is 6.18. The fourth-order valence-corrected chi connectivity index (χ4v) is 5.73. The normalized spacial score (nSPS) is 20.6. The van der Waals surface area contributed by atoms with Gasteiger partial charge in [-0.05, 0) is 68.1 Å². The van der Waals surface area contributed by atoms with E-state index in [0.29, 0.717) is 32.0 Å². The molecule has 5 nitrogen and oxygen atoms in total. The maximum Gasteiger partial charge on any atom is 0.226 e. The van der Waals surface area contributed by atoms with Crippen molar-refractivity contribution in [2.24, 2.45) is 11.3 Å². The van der Waals surface area contributed by atoms with Crippen LogP contribution < -0.4 is 10.1 Å². The molecule has 2 heterocycles. The third kappa shape index (κ3) is 6.89. The maximum absolute atomic E-state index is 13.8. The lowest BCUT2D eigenvalue weighted by Crippen LogP contribution is -2.53. The van der Waals surface area contributed by atoms with E-state index in [1.54, 1.807) is 0 Å². The Kier molecular flexibility index (Phi) is 9.06. The summed E-state index contributed by atoms with van der Waals surface area (Å²) in [5.74, 6) is 1.76. The van der Waals surface area contributed by atoms with Gasteiger partial charge >= 0.3 is 0 Å². The third-order valence-electron chi connectivity index (χ3n) is 7.88. The number of ether oxygens (including phenoxy) is 1. The highest BCUT2D eigenvalue weighted by atomic mass is 16.5. The molecular formula is C31H42N2O3. The number of fused-ring (bicyclic) bond motifs is 1. The average Bonchev–Trinajstić information content (AvgIpc) is 2.89. The minimum absolute atomic E-state index is 0.0209. The molecule has 1 fully saturated rings. The van der Waals surface area contributed by atoms with Gasteiger partial charge in [0, 0.05) is 19.5 Å². The van der Waals surface area contributed by atoms with Crippen molar-refractivity contribution in [1.82, 2.24) is 10.2 Å². The van der Waals surface area contributed by atoms with Gasteiger partial charge in [-0.1, -0.05) is 68.8 Å². The molecule has 5 heteroatoms. The van der Waals surface area contributed by atoms with Gasteiger partial charge in [-0.25, -0.2) is 0 Å². The minimum Gasteiger partial charge on any atom is -0.491 e. The number of piperidine rings is 1. The molecule has 2 aliphatic heterocycles. The number of rotatable bonds is 5. The number of hydrogen-bond donors (Lipinski definition) is 1. The Morgan fingerprint density at radius 1 is 1.03 bits per heavy atom. The van der Waals surface area contributed by atoms with E-state index < -0.39 is 5.41 Å². The van der Waals surface area contributed by atoms with E-state index in [9.17, 15) is 9.59 Å². The summed E-state index contributed by atoms with van der Waals surface area (Å²) in [4.78, 5) is 28.7. The van der Waals surface area contributed by atoms with Crippen LogP contribution in [0.3, 0.4) is 0 Å². The molecule has 1 saturated heterocycles. The highest BCUT2D eigenvalue weighted by Crippen LogP contribution is 2.38. The smallest absolute Gasteiger partial charge is 0.226 e. The Morgan fingerprint density at radius 3 is 2.50 bits per heavy atom. The van der Waals surface area contributed by atoms with Gasteiger partial charge in [0.25, 0.3) is 0 Å². The first-order valence-corrected chi connectivity index (χ1v) is 13.8. The topological polar surface area (TPSA) is 58.6 Å². The standard InChI is InChI=1S/C31H42N2O3/c1-24(2)22-27-23-36-28-14-7-6-12-26(28)13-8-9-17-31(30(35)32-27)18-20-33(21-19-31)29(34)16-15-25-10-4-3-5-11-25/h3-7,10-12,14,24,27H,8-9,13,15-23H2,1-2H3,(H,32,35)/t27-/m0/s1. The first kappa shape index (κ1) is 26.2. The summed E-state index contributed by atoms with van der Waals surface area (Å²) in [7, 11) is 0. The van der Waals surface area contributed by atoms with Gasteiger partial charge in [0.2, 0.25) is 11.8 Å². The van der Waals surface area contributed by atoms with E-state index in [1.807, 2.05) is 35.2 Å². The molecule has 0 unspecified atom stereocenters. The Bertz CT molecular complexity index is 996. The number of carbonyl (C=O) groups excluding carboxylic acids is 2. The molecule has 2 aromatic carbocycles. The van der Waals surface area contributed by atoms with E-state index in [-0.39, 0.29) is 17.9 Å². The molecule has 0 saturated carbocycles. The lowest BCUT2D eigenvalue weighted by atomic mass is 9.73. The van der Waals surface area contributed by atoms with Crippen LogP contribution in [-0.4, -0.2) is 42.5 Å². The van der Waals surface area contributed by atoms with Gasteiger partial charge in [-0.15, -0.1) is 0 Å².